The molecule has 0 aliphatic carbocycles. The molecule has 0 saturated heterocycles. The molecule has 0 spiro atoms. The second-order valence-corrected chi connectivity index (χ2v) is 10.2. The maximum absolute atomic E-state index is 11.7. The standard InChI is InChI=1S/C29H54O8/c1-2-3-4-5-6-7-8-9-10-11-12-13-14-15-16-17-18-19-20-21-27(32)36-23-25(30)24-37-28(33)22-26(31)29(34)35/h25-26,30-31H,2-24H2,1H3,(H,34,35)/t25?,26-/m0/s1. The van der Waals surface area contributed by atoms with Gasteiger partial charge in [0, 0.05) is 6.42 Å². The van der Waals surface area contributed by atoms with Crippen LogP contribution in [0.5, 0.6) is 0 Å². The Morgan fingerprint density at radius 1 is 0.568 bits per heavy atom. The van der Waals surface area contributed by atoms with E-state index >= 15 is 0 Å². The van der Waals surface area contributed by atoms with Gasteiger partial charge in [-0.1, -0.05) is 122 Å². The average Bonchev–Trinajstić information content (AvgIpc) is 2.87. The fraction of sp³-hybridized carbons (Fsp3) is 0.897. The van der Waals surface area contributed by atoms with Gasteiger partial charge in [-0.05, 0) is 6.42 Å². The fourth-order valence-corrected chi connectivity index (χ4v) is 4.15. The van der Waals surface area contributed by atoms with E-state index in [9.17, 15) is 19.5 Å². The lowest BCUT2D eigenvalue weighted by Gasteiger charge is -2.12. The molecule has 0 aliphatic heterocycles. The Bertz CT molecular complexity index is 566. The van der Waals surface area contributed by atoms with Gasteiger partial charge in [0.05, 0.1) is 6.42 Å². The van der Waals surface area contributed by atoms with Crippen LogP contribution in [0.25, 0.3) is 0 Å². The zero-order valence-electron chi connectivity index (χ0n) is 23.3. The number of hydrogen-bond acceptors (Lipinski definition) is 7. The Labute approximate surface area is 224 Å². The molecule has 0 bridgehead atoms. The molecule has 0 aromatic carbocycles. The predicted molar refractivity (Wildman–Crippen MR) is 144 cm³/mol. The summed E-state index contributed by atoms with van der Waals surface area (Å²) >= 11 is 0. The van der Waals surface area contributed by atoms with Gasteiger partial charge in [0.2, 0.25) is 0 Å². The molecule has 0 aromatic rings. The van der Waals surface area contributed by atoms with E-state index in [4.69, 9.17) is 14.9 Å². The molecule has 0 amide bonds. The summed E-state index contributed by atoms with van der Waals surface area (Å²) in [6.45, 7) is 1.53. The Hall–Kier alpha value is -1.67. The summed E-state index contributed by atoms with van der Waals surface area (Å²) in [6.07, 6.45) is 21.1. The number of aliphatic hydroxyl groups is 2. The molecule has 0 rings (SSSR count). The Kier molecular flexibility index (Phi) is 24.8. The average molecular weight is 531 g/mol. The molecule has 218 valence electrons. The van der Waals surface area contributed by atoms with Crippen molar-refractivity contribution in [3.05, 3.63) is 0 Å². The maximum Gasteiger partial charge on any atom is 0.333 e. The highest BCUT2D eigenvalue weighted by Crippen LogP contribution is 2.15. The van der Waals surface area contributed by atoms with Crippen LogP contribution in [0.3, 0.4) is 0 Å². The highest BCUT2D eigenvalue weighted by atomic mass is 16.6. The van der Waals surface area contributed by atoms with Crippen LogP contribution in [0.15, 0.2) is 0 Å². The summed E-state index contributed by atoms with van der Waals surface area (Å²) in [7, 11) is 0. The molecule has 0 radical (unpaired) electrons. The Morgan fingerprint density at radius 3 is 1.30 bits per heavy atom. The number of carboxylic acids is 1. The molecule has 8 nitrogen and oxygen atoms in total. The third kappa shape index (κ3) is 25.7. The maximum atomic E-state index is 11.7. The van der Waals surface area contributed by atoms with E-state index in [1.807, 2.05) is 0 Å². The number of carboxylic acid groups (broad SMARTS) is 1. The second-order valence-electron chi connectivity index (χ2n) is 10.2. The van der Waals surface area contributed by atoms with Crippen LogP contribution in [-0.4, -0.2) is 58.6 Å². The van der Waals surface area contributed by atoms with E-state index in [2.05, 4.69) is 11.7 Å². The van der Waals surface area contributed by atoms with E-state index in [0.717, 1.165) is 19.3 Å². The van der Waals surface area contributed by atoms with Crippen molar-refractivity contribution in [1.29, 1.82) is 0 Å². The van der Waals surface area contributed by atoms with Gasteiger partial charge in [0.15, 0.2) is 6.10 Å². The third-order valence-corrected chi connectivity index (χ3v) is 6.50. The van der Waals surface area contributed by atoms with Crippen LogP contribution in [0, 0.1) is 0 Å². The van der Waals surface area contributed by atoms with Crippen molar-refractivity contribution in [3.63, 3.8) is 0 Å². The van der Waals surface area contributed by atoms with Crippen LogP contribution < -0.4 is 0 Å². The normalized spacial score (nSPS) is 12.7. The van der Waals surface area contributed by atoms with Gasteiger partial charge in [-0.15, -0.1) is 0 Å². The number of aliphatic carboxylic acids is 1. The van der Waals surface area contributed by atoms with Crippen LogP contribution in [0.4, 0.5) is 0 Å². The van der Waals surface area contributed by atoms with Crippen molar-refractivity contribution in [2.45, 2.75) is 154 Å². The quantitative estimate of drug-likeness (QED) is 0.0859. The molecule has 0 saturated carbocycles. The molecule has 8 heteroatoms. The number of ether oxygens (including phenoxy) is 2. The van der Waals surface area contributed by atoms with E-state index in [1.165, 1.54) is 103 Å². The minimum atomic E-state index is -1.85. The summed E-state index contributed by atoms with van der Waals surface area (Å²) in [5.74, 6) is -2.88. The van der Waals surface area contributed by atoms with Crippen LogP contribution in [0.1, 0.15) is 142 Å². The first kappa shape index (κ1) is 35.3. The minimum Gasteiger partial charge on any atom is -0.479 e. The van der Waals surface area contributed by atoms with E-state index in [0.29, 0.717) is 0 Å². The molecule has 37 heavy (non-hydrogen) atoms. The van der Waals surface area contributed by atoms with Gasteiger partial charge >= 0.3 is 17.9 Å². The molecule has 0 heterocycles. The fourth-order valence-electron chi connectivity index (χ4n) is 4.15. The van der Waals surface area contributed by atoms with Crippen molar-refractivity contribution in [1.82, 2.24) is 0 Å². The van der Waals surface area contributed by atoms with E-state index < -0.39 is 43.1 Å². The Balaban J connectivity index is 3.37. The summed E-state index contributed by atoms with van der Waals surface area (Å²) in [6, 6.07) is 0. The van der Waals surface area contributed by atoms with Crippen molar-refractivity contribution in [2.24, 2.45) is 0 Å². The van der Waals surface area contributed by atoms with Gasteiger partial charge in [0.25, 0.3) is 0 Å². The molecular formula is C29H54O8. The molecular weight excluding hydrogens is 476 g/mol. The number of carbonyl (C=O) groups is 3. The molecule has 0 aromatic heterocycles. The van der Waals surface area contributed by atoms with Gasteiger partial charge in [0.1, 0.15) is 19.3 Å². The van der Waals surface area contributed by atoms with Crippen molar-refractivity contribution < 1.29 is 39.2 Å². The molecule has 3 N–H and O–H groups in total. The Morgan fingerprint density at radius 2 is 0.919 bits per heavy atom. The first-order chi connectivity index (χ1) is 17.9. The van der Waals surface area contributed by atoms with Gasteiger partial charge < -0.3 is 24.8 Å². The number of unbranched alkanes of at least 4 members (excludes halogenated alkanes) is 18. The largest absolute Gasteiger partial charge is 0.479 e. The predicted octanol–water partition coefficient (Wildman–Crippen LogP) is 6.09. The van der Waals surface area contributed by atoms with Crippen molar-refractivity contribution in [3.8, 4) is 0 Å². The summed E-state index contributed by atoms with van der Waals surface area (Å²) in [4.78, 5) is 33.5. The number of esters is 2. The highest BCUT2D eigenvalue weighted by molar-refractivity contribution is 5.80. The van der Waals surface area contributed by atoms with Crippen LogP contribution in [0.2, 0.25) is 0 Å². The monoisotopic (exact) mass is 530 g/mol. The number of hydrogen-bond donors (Lipinski definition) is 3. The summed E-state index contributed by atoms with van der Waals surface area (Å²) in [5.41, 5.74) is 0. The van der Waals surface area contributed by atoms with Crippen LogP contribution in [-0.2, 0) is 23.9 Å². The summed E-state index contributed by atoms with van der Waals surface area (Å²) < 4.78 is 9.63. The number of aliphatic hydroxyl groups excluding tert-OH is 2. The number of carbonyl (C=O) groups excluding carboxylic acids is 2. The first-order valence-corrected chi connectivity index (χ1v) is 14.8. The van der Waals surface area contributed by atoms with Gasteiger partial charge in [-0.3, -0.25) is 9.59 Å². The van der Waals surface area contributed by atoms with E-state index in [1.54, 1.807) is 0 Å². The van der Waals surface area contributed by atoms with Crippen molar-refractivity contribution >= 4 is 17.9 Å². The smallest absolute Gasteiger partial charge is 0.333 e. The third-order valence-electron chi connectivity index (χ3n) is 6.50. The zero-order valence-corrected chi connectivity index (χ0v) is 23.3. The van der Waals surface area contributed by atoms with Gasteiger partial charge in [-0.25, -0.2) is 4.79 Å². The van der Waals surface area contributed by atoms with E-state index in [-0.39, 0.29) is 13.0 Å². The highest BCUT2D eigenvalue weighted by Gasteiger charge is 2.20. The minimum absolute atomic E-state index is 0.288. The SMILES string of the molecule is CCCCCCCCCCCCCCCCCCCCCC(=O)OCC(O)COC(=O)C[C@H](O)C(=O)O. The molecule has 1 unspecified atom stereocenters. The lowest BCUT2D eigenvalue weighted by Crippen LogP contribution is -2.28. The first-order valence-electron chi connectivity index (χ1n) is 14.8. The lowest BCUT2D eigenvalue weighted by atomic mass is 10.0. The second kappa shape index (κ2) is 26.0. The van der Waals surface area contributed by atoms with Crippen molar-refractivity contribution in [2.75, 3.05) is 13.2 Å². The van der Waals surface area contributed by atoms with Crippen LogP contribution >= 0.6 is 0 Å². The number of rotatable bonds is 27. The topological polar surface area (TPSA) is 130 Å². The zero-order chi connectivity index (χ0) is 27.6. The van der Waals surface area contributed by atoms with Gasteiger partial charge in [-0.2, -0.15) is 0 Å². The molecule has 0 aliphatic rings. The lowest BCUT2D eigenvalue weighted by molar-refractivity contribution is -0.159. The molecule has 0 fully saturated rings. The molecule has 2 atom stereocenters. The summed E-state index contributed by atoms with van der Waals surface area (Å²) in [5, 5.41) is 27.3.